The number of rotatable bonds is 16. The fourth-order valence-electron chi connectivity index (χ4n) is 4.82. The number of benzene rings is 1. The van der Waals surface area contributed by atoms with Crippen LogP contribution in [0.15, 0.2) is 36.7 Å². The molecule has 1 aromatic heterocycles. The van der Waals surface area contributed by atoms with Crippen molar-refractivity contribution in [1.82, 2.24) is 9.97 Å². The van der Waals surface area contributed by atoms with Crippen LogP contribution in [0.4, 0.5) is 0 Å². The van der Waals surface area contributed by atoms with Crippen LogP contribution < -0.4 is 4.74 Å². The van der Waals surface area contributed by atoms with Crippen LogP contribution in [-0.4, -0.2) is 16.6 Å². The van der Waals surface area contributed by atoms with Gasteiger partial charge in [-0.05, 0) is 55.0 Å². The van der Waals surface area contributed by atoms with E-state index in [9.17, 15) is 0 Å². The van der Waals surface area contributed by atoms with Crippen molar-refractivity contribution in [3.8, 4) is 17.1 Å². The van der Waals surface area contributed by atoms with Gasteiger partial charge in [-0.1, -0.05) is 90.4 Å². The first-order valence-corrected chi connectivity index (χ1v) is 13.4. The van der Waals surface area contributed by atoms with Crippen LogP contribution in [0.3, 0.4) is 0 Å². The Morgan fingerprint density at radius 1 is 0.781 bits per heavy atom. The van der Waals surface area contributed by atoms with E-state index in [0.717, 1.165) is 42.5 Å². The number of ether oxygens (including phenoxy) is 1. The van der Waals surface area contributed by atoms with Crippen molar-refractivity contribution in [3.05, 3.63) is 42.2 Å². The summed E-state index contributed by atoms with van der Waals surface area (Å²) in [5.74, 6) is 2.77. The van der Waals surface area contributed by atoms with Crippen LogP contribution in [0.25, 0.3) is 11.4 Å². The van der Waals surface area contributed by atoms with Gasteiger partial charge in [0.15, 0.2) is 5.82 Å². The maximum atomic E-state index is 5.93. The molecule has 0 aliphatic heterocycles. The summed E-state index contributed by atoms with van der Waals surface area (Å²) in [7, 11) is 0. The molecule has 1 saturated carbocycles. The van der Waals surface area contributed by atoms with E-state index in [4.69, 9.17) is 4.74 Å². The van der Waals surface area contributed by atoms with Crippen molar-refractivity contribution in [2.75, 3.05) is 6.61 Å². The molecule has 1 aliphatic rings. The number of unbranched alkanes of at least 4 members (excludes halogenated alkanes) is 8. The fourth-order valence-corrected chi connectivity index (χ4v) is 4.82. The average molecular weight is 437 g/mol. The number of hydrogen-bond donors (Lipinski definition) is 0. The second-order valence-corrected chi connectivity index (χ2v) is 9.66. The van der Waals surface area contributed by atoms with Gasteiger partial charge in [-0.15, -0.1) is 0 Å². The van der Waals surface area contributed by atoms with Crippen molar-refractivity contribution >= 4 is 0 Å². The predicted molar refractivity (Wildman–Crippen MR) is 135 cm³/mol. The largest absolute Gasteiger partial charge is 0.494 e. The molecule has 1 aliphatic carbocycles. The van der Waals surface area contributed by atoms with Gasteiger partial charge in [0.25, 0.3) is 0 Å². The minimum Gasteiger partial charge on any atom is -0.494 e. The summed E-state index contributed by atoms with van der Waals surface area (Å²) >= 11 is 0. The van der Waals surface area contributed by atoms with E-state index >= 15 is 0 Å². The molecule has 2 aromatic rings. The van der Waals surface area contributed by atoms with Crippen LogP contribution in [0.5, 0.6) is 5.75 Å². The van der Waals surface area contributed by atoms with E-state index < -0.39 is 0 Å². The third-order valence-corrected chi connectivity index (χ3v) is 6.89. The summed E-state index contributed by atoms with van der Waals surface area (Å²) in [4.78, 5) is 9.17. The van der Waals surface area contributed by atoms with Gasteiger partial charge in [0.2, 0.25) is 0 Å². The highest BCUT2D eigenvalue weighted by molar-refractivity contribution is 5.55. The molecular weight excluding hydrogens is 392 g/mol. The summed E-state index contributed by atoms with van der Waals surface area (Å²) in [6.07, 6.45) is 25.5. The molecule has 0 amide bonds. The van der Waals surface area contributed by atoms with Gasteiger partial charge >= 0.3 is 0 Å². The Labute approximate surface area is 196 Å². The highest BCUT2D eigenvalue weighted by atomic mass is 16.5. The summed E-state index contributed by atoms with van der Waals surface area (Å²) in [6, 6.07) is 8.23. The highest BCUT2D eigenvalue weighted by Crippen LogP contribution is 2.29. The second-order valence-electron chi connectivity index (χ2n) is 9.66. The summed E-state index contributed by atoms with van der Waals surface area (Å²) < 4.78 is 5.93. The Morgan fingerprint density at radius 3 is 2.19 bits per heavy atom. The van der Waals surface area contributed by atoms with E-state index in [1.807, 2.05) is 24.5 Å². The molecule has 0 atom stereocenters. The molecule has 176 valence electrons. The van der Waals surface area contributed by atoms with Gasteiger partial charge in [0.1, 0.15) is 5.75 Å². The van der Waals surface area contributed by atoms with Crippen LogP contribution in [0.2, 0.25) is 0 Å². The number of hydrogen-bond acceptors (Lipinski definition) is 3. The number of aryl methyl sites for hydroxylation is 1. The molecule has 1 heterocycles. The van der Waals surface area contributed by atoms with Gasteiger partial charge in [0, 0.05) is 18.0 Å². The van der Waals surface area contributed by atoms with Crippen molar-refractivity contribution in [1.29, 1.82) is 0 Å². The molecule has 0 saturated heterocycles. The van der Waals surface area contributed by atoms with Crippen molar-refractivity contribution in [2.45, 2.75) is 110 Å². The molecule has 0 spiro atoms. The summed E-state index contributed by atoms with van der Waals surface area (Å²) in [5, 5.41) is 0. The predicted octanol–water partition coefficient (Wildman–Crippen LogP) is 8.57. The van der Waals surface area contributed by atoms with E-state index in [0.29, 0.717) is 0 Å². The van der Waals surface area contributed by atoms with Crippen LogP contribution in [0, 0.1) is 5.92 Å². The molecule has 0 unspecified atom stereocenters. The maximum absolute atomic E-state index is 5.93. The van der Waals surface area contributed by atoms with Gasteiger partial charge < -0.3 is 4.74 Å². The third-order valence-electron chi connectivity index (χ3n) is 6.89. The first-order valence-electron chi connectivity index (χ1n) is 13.4. The lowest BCUT2D eigenvalue weighted by atomic mass is 9.99. The van der Waals surface area contributed by atoms with E-state index in [2.05, 4.69) is 29.0 Å². The van der Waals surface area contributed by atoms with Crippen LogP contribution in [0.1, 0.15) is 109 Å². The number of nitrogens with zero attached hydrogens (tertiary/aromatic N) is 2. The Kier molecular flexibility index (Phi) is 11.6. The standard InChI is InChI=1S/C29H44N2O/c1-2-3-4-5-6-10-17-26-23-30-29(31-24-26)27-18-20-28(21-19-27)32-22-13-8-7-9-14-25-15-11-12-16-25/h18-21,23-25H,2-17,22H2,1H3. The molecule has 1 fully saturated rings. The minimum absolute atomic E-state index is 0.797. The zero-order chi connectivity index (χ0) is 22.3. The highest BCUT2D eigenvalue weighted by Gasteiger charge is 2.13. The molecule has 0 radical (unpaired) electrons. The average Bonchev–Trinajstić information content (AvgIpc) is 3.35. The Balaban J connectivity index is 1.28. The molecule has 0 N–H and O–H groups in total. The van der Waals surface area contributed by atoms with Gasteiger partial charge in [0.05, 0.1) is 6.61 Å². The topological polar surface area (TPSA) is 35.0 Å². The molecule has 3 nitrogen and oxygen atoms in total. The monoisotopic (exact) mass is 436 g/mol. The molecule has 0 bridgehead atoms. The van der Waals surface area contributed by atoms with Crippen molar-refractivity contribution in [2.24, 2.45) is 5.92 Å². The normalized spacial score (nSPS) is 14.2. The lowest BCUT2D eigenvalue weighted by Crippen LogP contribution is -1.98. The van der Waals surface area contributed by atoms with Crippen molar-refractivity contribution < 1.29 is 4.74 Å². The first-order chi connectivity index (χ1) is 15.8. The quantitative estimate of drug-likeness (QED) is 0.247. The molecule has 3 rings (SSSR count). The molecular formula is C29H44N2O. The smallest absolute Gasteiger partial charge is 0.159 e. The van der Waals surface area contributed by atoms with Crippen LogP contribution in [-0.2, 0) is 6.42 Å². The SMILES string of the molecule is CCCCCCCCc1cnc(-c2ccc(OCCCCCCC3CCCC3)cc2)nc1. The molecule has 32 heavy (non-hydrogen) atoms. The van der Waals surface area contributed by atoms with E-state index in [1.165, 1.54) is 95.5 Å². The summed E-state index contributed by atoms with van der Waals surface area (Å²) in [6.45, 7) is 3.08. The van der Waals surface area contributed by atoms with Gasteiger partial charge in [-0.2, -0.15) is 0 Å². The fraction of sp³-hybridized carbons (Fsp3) is 0.655. The van der Waals surface area contributed by atoms with Gasteiger partial charge in [-0.3, -0.25) is 0 Å². The van der Waals surface area contributed by atoms with E-state index in [1.54, 1.807) is 0 Å². The van der Waals surface area contributed by atoms with Crippen LogP contribution >= 0.6 is 0 Å². The molecule has 3 heteroatoms. The molecule has 1 aromatic carbocycles. The van der Waals surface area contributed by atoms with E-state index in [-0.39, 0.29) is 0 Å². The second kappa shape index (κ2) is 15.0. The lowest BCUT2D eigenvalue weighted by molar-refractivity contribution is 0.303. The lowest BCUT2D eigenvalue weighted by Gasteiger charge is -2.09. The Morgan fingerprint density at radius 2 is 1.44 bits per heavy atom. The summed E-state index contributed by atoms with van der Waals surface area (Å²) in [5.41, 5.74) is 2.29. The first kappa shape index (κ1) is 24.7. The Bertz CT molecular complexity index is 720. The third kappa shape index (κ3) is 9.30. The van der Waals surface area contributed by atoms with Gasteiger partial charge in [-0.25, -0.2) is 9.97 Å². The minimum atomic E-state index is 0.797. The zero-order valence-electron chi connectivity index (χ0n) is 20.4. The number of aromatic nitrogens is 2. The zero-order valence-corrected chi connectivity index (χ0v) is 20.4. The Hall–Kier alpha value is -1.90. The maximum Gasteiger partial charge on any atom is 0.159 e. The van der Waals surface area contributed by atoms with Crippen molar-refractivity contribution in [3.63, 3.8) is 0 Å².